The summed E-state index contributed by atoms with van der Waals surface area (Å²) >= 11 is 0. The van der Waals surface area contributed by atoms with Crippen molar-refractivity contribution in [3.63, 3.8) is 0 Å². The van der Waals surface area contributed by atoms with E-state index in [0.717, 1.165) is 37.2 Å². The molecule has 1 fully saturated rings. The fourth-order valence-electron chi connectivity index (χ4n) is 3.07. The summed E-state index contributed by atoms with van der Waals surface area (Å²) in [7, 11) is 0. The van der Waals surface area contributed by atoms with E-state index in [9.17, 15) is 4.39 Å². The topological polar surface area (TPSA) is 26.0 Å². The van der Waals surface area contributed by atoms with Crippen LogP contribution in [-0.2, 0) is 5.54 Å². The standard InChI is InChI=1S/C16H24FN/c1-15(2,3)12-8-10-16(18,11-9-12)13-4-6-14(17)7-5-13/h4-7,12H,8-11,18H2,1-3H3. The highest BCUT2D eigenvalue weighted by Crippen LogP contribution is 2.44. The number of nitrogens with two attached hydrogens (primary N) is 1. The van der Waals surface area contributed by atoms with Crippen molar-refractivity contribution < 1.29 is 4.39 Å². The molecule has 0 bridgehead atoms. The lowest BCUT2D eigenvalue weighted by Crippen LogP contribution is -2.42. The summed E-state index contributed by atoms with van der Waals surface area (Å²) in [6, 6.07) is 6.71. The van der Waals surface area contributed by atoms with Crippen LogP contribution in [-0.4, -0.2) is 0 Å². The monoisotopic (exact) mass is 249 g/mol. The third kappa shape index (κ3) is 2.74. The van der Waals surface area contributed by atoms with E-state index in [1.807, 2.05) is 12.1 Å². The minimum Gasteiger partial charge on any atom is -0.321 e. The molecule has 1 saturated carbocycles. The zero-order valence-electron chi connectivity index (χ0n) is 11.7. The number of rotatable bonds is 1. The van der Waals surface area contributed by atoms with Crippen LogP contribution in [0.2, 0.25) is 0 Å². The molecule has 0 saturated heterocycles. The first kappa shape index (κ1) is 13.5. The van der Waals surface area contributed by atoms with E-state index in [2.05, 4.69) is 20.8 Å². The van der Waals surface area contributed by atoms with Gasteiger partial charge >= 0.3 is 0 Å². The summed E-state index contributed by atoms with van der Waals surface area (Å²) < 4.78 is 13.0. The molecule has 0 heterocycles. The average Bonchev–Trinajstić information content (AvgIpc) is 2.29. The molecule has 2 rings (SSSR count). The van der Waals surface area contributed by atoms with Gasteiger partial charge in [-0.15, -0.1) is 0 Å². The van der Waals surface area contributed by atoms with Gasteiger partial charge in [0.25, 0.3) is 0 Å². The molecule has 1 aromatic carbocycles. The first-order valence-corrected chi connectivity index (χ1v) is 6.86. The van der Waals surface area contributed by atoms with Crippen LogP contribution < -0.4 is 5.73 Å². The minimum absolute atomic E-state index is 0.189. The fourth-order valence-corrected chi connectivity index (χ4v) is 3.07. The Bertz CT molecular complexity index is 394. The Balaban J connectivity index is 2.10. The maximum absolute atomic E-state index is 13.0. The minimum atomic E-state index is -0.255. The highest BCUT2D eigenvalue weighted by atomic mass is 19.1. The zero-order valence-corrected chi connectivity index (χ0v) is 11.7. The van der Waals surface area contributed by atoms with E-state index in [0.29, 0.717) is 5.41 Å². The predicted molar refractivity (Wildman–Crippen MR) is 73.7 cm³/mol. The van der Waals surface area contributed by atoms with Crippen LogP contribution >= 0.6 is 0 Å². The van der Waals surface area contributed by atoms with Crippen molar-refractivity contribution >= 4 is 0 Å². The van der Waals surface area contributed by atoms with Crippen molar-refractivity contribution in [2.75, 3.05) is 0 Å². The van der Waals surface area contributed by atoms with Crippen molar-refractivity contribution in [3.8, 4) is 0 Å². The second kappa shape index (κ2) is 4.65. The van der Waals surface area contributed by atoms with Gasteiger partial charge in [0.05, 0.1) is 0 Å². The normalized spacial score (nSPS) is 29.3. The van der Waals surface area contributed by atoms with Crippen molar-refractivity contribution in [2.24, 2.45) is 17.1 Å². The predicted octanol–water partition coefficient (Wildman–Crippen LogP) is 4.22. The van der Waals surface area contributed by atoms with E-state index in [-0.39, 0.29) is 11.4 Å². The summed E-state index contributed by atoms with van der Waals surface area (Å²) in [6.45, 7) is 6.91. The second-order valence-corrected chi connectivity index (χ2v) is 6.80. The molecule has 1 aliphatic carbocycles. The molecule has 0 aromatic heterocycles. The number of hydrogen-bond acceptors (Lipinski definition) is 1. The molecule has 0 aliphatic heterocycles. The molecule has 0 atom stereocenters. The number of benzene rings is 1. The third-order valence-electron chi connectivity index (χ3n) is 4.52. The van der Waals surface area contributed by atoms with Gasteiger partial charge in [0.1, 0.15) is 5.82 Å². The molecule has 0 radical (unpaired) electrons. The molecule has 1 aromatic rings. The Morgan fingerprint density at radius 2 is 1.61 bits per heavy atom. The second-order valence-electron chi connectivity index (χ2n) is 6.80. The van der Waals surface area contributed by atoms with Gasteiger partial charge in [-0.25, -0.2) is 4.39 Å². The summed E-state index contributed by atoms with van der Waals surface area (Å²) in [4.78, 5) is 0. The van der Waals surface area contributed by atoms with Crippen LogP contribution in [0, 0.1) is 17.2 Å². The van der Waals surface area contributed by atoms with Gasteiger partial charge in [-0.05, 0) is 54.7 Å². The van der Waals surface area contributed by atoms with Crippen molar-refractivity contribution in [3.05, 3.63) is 35.6 Å². The summed E-state index contributed by atoms with van der Waals surface area (Å²) in [5, 5.41) is 0. The molecule has 0 spiro atoms. The van der Waals surface area contributed by atoms with E-state index in [1.54, 1.807) is 0 Å². The molecule has 18 heavy (non-hydrogen) atoms. The van der Waals surface area contributed by atoms with Crippen LogP contribution in [0.3, 0.4) is 0 Å². The van der Waals surface area contributed by atoms with E-state index >= 15 is 0 Å². The van der Waals surface area contributed by atoms with Crippen molar-refractivity contribution in [1.29, 1.82) is 0 Å². The van der Waals surface area contributed by atoms with Gasteiger partial charge in [0, 0.05) is 5.54 Å². The molecule has 0 unspecified atom stereocenters. The Kier molecular flexibility index (Phi) is 3.50. The molecular formula is C16H24FN. The Morgan fingerprint density at radius 3 is 2.06 bits per heavy atom. The third-order valence-corrected chi connectivity index (χ3v) is 4.52. The highest BCUT2D eigenvalue weighted by molar-refractivity contribution is 5.25. The van der Waals surface area contributed by atoms with Crippen LogP contribution in [0.5, 0.6) is 0 Å². The molecule has 2 heteroatoms. The van der Waals surface area contributed by atoms with Crippen molar-refractivity contribution in [2.45, 2.75) is 52.0 Å². The lowest BCUT2D eigenvalue weighted by molar-refractivity contribution is 0.134. The van der Waals surface area contributed by atoms with E-state index < -0.39 is 0 Å². The van der Waals surface area contributed by atoms with Crippen LogP contribution in [0.1, 0.15) is 52.0 Å². The Labute approximate surface area is 110 Å². The Hall–Kier alpha value is -0.890. The zero-order chi connectivity index (χ0) is 13.4. The first-order valence-electron chi connectivity index (χ1n) is 6.86. The van der Waals surface area contributed by atoms with E-state index in [1.165, 1.54) is 12.1 Å². The molecule has 2 N–H and O–H groups in total. The SMILES string of the molecule is CC(C)(C)C1CCC(N)(c2ccc(F)cc2)CC1. The lowest BCUT2D eigenvalue weighted by atomic mass is 9.66. The fraction of sp³-hybridized carbons (Fsp3) is 0.625. The largest absolute Gasteiger partial charge is 0.321 e. The van der Waals surface area contributed by atoms with Gasteiger partial charge in [-0.3, -0.25) is 0 Å². The molecule has 0 amide bonds. The summed E-state index contributed by atoms with van der Waals surface area (Å²) in [5.74, 6) is 0.556. The maximum atomic E-state index is 13.0. The lowest BCUT2D eigenvalue weighted by Gasteiger charge is -2.42. The van der Waals surface area contributed by atoms with Gasteiger partial charge in [-0.2, -0.15) is 0 Å². The van der Waals surface area contributed by atoms with Crippen LogP contribution in [0.25, 0.3) is 0 Å². The van der Waals surface area contributed by atoms with Crippen LogP contribution in [0.15, 0.2) is 24.3 Å². The van der Waals surface area contributed by atoms with E-state index in [4.69, 9.17) is 5.73 Å². The molecule has 1 nitrogen and oxygen atoms in total. The average molecular weight is 249 g/mol. The van der Waals surface area contributed by atoms with Gasteiger partial charge in [0.2, 0.25) is 0 Å². The van der Waals surface area contributed by atoms with Gasteiger partial charge in [-0.1, -0.05) is 32.9 Å². The molecular weight excluding hydrogens is 225 g/mol. The smallest absolute Gasteiger partial charge is 0.123 e. The highest BCUT2D eigenvalue weighted by Gasteiger charge is 2.37. The van der Waals surface area contributed by atoms with Gasteiger partial charge in [0.15, 0.2) is 0 Å². The molecule has 100 valence electrons. The number of halogens is 1. The number of hydrogen-bond donors (Lipinski definition) is 1. The van der Waals surface area contributed by atoms with Crippen molar-refractivity contribution in [1.82, 2.24) is 0 Å². The van der Waals surface area contributed by atoms with Gasteiger partial charge < -0.3 is 5.73 Å². The summed E-state index contributed by atoms with van der Waals surface area (Å²) in [6.07, 6.45) is 4.33. The Morgan fingerprint density at radius 1 is 1.11 bits per heavy atom. The summed E-state index contributed by atoms with van der Waals surface area (Å²) in [5.41, 5.74) is 7.70. The molecule has 1 aliphatic rings. The first-order chi connectivity index (χ1) is 8.31. The quantitative estimate of drug-likeness (QED) is 0.792. The maximum Gasteiger partial charge on any atom is 0.123 e. The van der Waals surface area contributed by atoms with Crippen LogP contribution in [0.4, 0.5) is 4.39 Å².